The third-order valence-corrected chi connectivity index (χ3v) is 4.18. The first kappa shape index (κ1) is 8.55. The van der Waals surface area contributed by atoms with Crippen LogP contribution in [0.25, 0.3) is 0 Å². The van der Waals surface area contributed by atoms with Crippen LogP contribution >= 0.6 is 0 Å². The van der Waals surface area contributed by atoms with Crippen LogP contribution in [0, 0.1) is 11.3 Å². The van der Waals surface area contributed by atoms with Gasteiger partial charge < -0.3 is 5.32 Å². The fourth-order valence-electron chi connectivity index (χ4n) is 3.10. The van der Waals surface area contributed by atoms with Gasteiger partial charge in [0, 0.05) is 6.04 Å². The highest BCUT2D eigenvalue weighted by atomic mass is 14.9. The summed E-state index contributed by atoms with van der Waals surface area (Å²) < 4.78 is 0. The Labute approximate surface area is 75.9 Å². The van der Waals surface area contributed by atoms with Crippen LogP contribution < -0.4 is 5.32 Å². The summed E-state index contributed by atoms with van der Waals surface area (Å²) in [5.41, 5.74) is 0.806. The summed E-state index contributed by atoms with van der Waals surface area (Å²) in [6.07, 6.45) is 8.99. The highest BCUT2D eigenvalue weighted by molar-refractivity contribution is 5.02. The second-order valence-corrected chi connectivity index (χ2v) is 4.79. The summed E-state index contributed by atoms with van der Waals surface area (Å²) in [5, 5.41) is 3.43. The summed E-state index contributed by atoms with van der Waals surface area (Å²) in [6, 6.07) is 0.743. The van der Waals surface area contributed by atoms with E-state index >= 15 is 0 Å². The van der Waals surface area contributed by atoms with Crippen molar-refractivity contribution >= 4 is 0 Å². The minimum Gasteiger partial charge on any atom is -0.317 e. The predicted octanol–water partition coefficient (Wildman–Crippen LogP) is 2.56. The minimum atomic E-state index is 0.743. The molecule has 2 aliphatic carbocycles. The van der Waals surface area contributed by atoms with E-state index in [2.05, 4.69) is 19.3 Å². The fourth-order valence-corrected chi connectivity index (χ4v) is 3.10. The second kappa shape index (κ2) is 3.02. The largest absolute Gasteiger partial charge is 0.317 e. The zero-order valence-electron chi connectivity index (χ0n) is 8.40. The monoisotopic (exact) mass is 167 g/mol. The molecule has 1 nitrogen and oxygen atoms in total. The molecule has 2 rings (SSSR count). The van der Waals surface area contributed by atoms with Gasteiger partial charge in [-0.25, -0.2) is 0 Å². The van der Waals surface area contributed by atoms with E-state index in [1.54, 1.807) is 0 Å². The van der Waals surface area contributed by atoms with Gasteiger partial charge in [-0.05, 0) is 51.0 Å². The van der Waals surface area contributed by atoms with Crippen molar-refractivity contribution in [1.82, 2.24) is 5.32 Å². The van der Waals surface area contributed by atoms with Crippen molar-refractivity contribution in [3.8, 4) is 0 Å². The molecule has 0 aliphatic heterocycles. The van der Waals surface area contributed by atoms with Crippen molar-refractivity contribution in [2.24, 2.45) is 11.3 Å². The first-order chi connectivity index (χ1) is 5.78. The Bertz CT molecular complexity index is 160. The van der Waals surface area contributed by atoms with Gasteiger partial charge in [-0.1, -0.05) is 12.8 Å². The number of hydrogen-bond acceptors (Lipinski definition) is 1. The lowest BCUT2D eigenvalue weighted by Crippen LogP contribution is -2.38. The third-order valence-electron chi connectivity index (χ3n) is 4.18. The van der Waals surface area contributed by atoms with Crippen LogP contribution in [0.1, 0.15) is 45.4 Å². The first-order valence-corrected chi connectivity index (χ1v) is 5.46. The zero-order chi connectivity index (χ0) is 8.60. The van der Waals surface area contributed by atoms with Crippen molar-refractivity contribution < 1.29 is 0 Å². The molecule has 70 valence electrons. The molecule has 0 radical (unpaired) electrons. The average Bonchev–Trinajstić information content (AvgIpc) is 2.85. The van der Waals surface area contributed by atoms with E-state index in [0.29, 0.717) is 0 Å². The summed E-state index contributed by atoms with van der Waals surface area (Å²) in [6.45, 7) is 2.36. The normalized spacial score (nSPS) is 35.0. The van der Waals surface area contributed by atoms with E-state index in [-0.39, 0.29) is 0 Å². The molecule has 2 fully saturated rings. The molecule has 2 saturated carbocycles. The predicted molar refractivity (Wildman–Crippen MR) is 52.1 cm³/mol. The summed E-state index contributed by atoms with van der Waals surface area (Å²) in [5.74, 6) is 0.983. The summed E-state index contributed by atoms with van der Waals surface area (Å²) >= 11 is 0. The van der Waals surface area contributed by atoms with Crippen molar-refractivity contribution in [3.63, 3.8) is 0 Å². The van der Waals surface area contributed by atoms with Gasteiger partial charge in [-0.15, -0.1) is 0 Å². The van der Waals surface area contributed by atoms with Gasteiger partial charge in [-0.2, -0.15) is 0 Å². The van der Waals surface area contributed by atoms with Crippen molar-refractivity contribution in [2.45, 2.75) is 51.5 Å². The molecule has 1 N–H and O–H groups in total. The van der Waals surface area contributed by atoms with Crippen molar-refractivity contribution in [1.29, 1.82) is 0 Å². The molecular formula is C11H21N. The van der Waals surface area contributed by atoms with E-state index in [1.807, 2.05) is 0 Å². The van der Waals surface area contributed by atoms with Gasteiger partial charge >= 0.3 is 0 Å². The average molecular weight is 167 g/mol. The Hall–Kier alpha value is -0.0400. The molecule has 2 unspecified atom stereocenters. The van der Waals surface area contributed by atoms with Crippen LogP contribution in [0.5, 0.6) is 0 Å². The minimum absolute atomic E-state index is 0.743. The van der Waals surface area contributed by atoms with Gasteiger partial charge in [-0.3, -0.25) is 0 Å². The molecule has 0 aromatic heterocycles. The van der Waals surface area contributed by atoms with Gasteiger partial charge in [0.15, 0.2) is 0 Å². The van der Waals surface area contributed by atoms with Crippen LogP contribution in [0.4, 0.5) is 0 Å². The van der Waals surface area contributed by atoms with Crippen LogP contribution in [0.2, 0.25) is 0 Å². The molecule has 0 amide bonds. The maximum Gasteiger partial charge on any atom is 0.00693 e. The van der Waals surface area contributed by atoms with E-state index in [4.69, 9.17) is 0 Å². The standard InChI is InChI=1S/C11H21N/c1-9(12-2)10-5-3-4-6-11(10)7-8-11/h9-10,12H,3-8H2,1-2H3. The molecule has 0 bridgehead atoms. The molecule has 0 saturated heterocycles. The second-order valence-electron chi connectivity index (χ2n) is 4.79. The highest BCUT2D eigenvalue weighted by Gasteiger charge is 2.51. The molecule has 12 heavy (non-hydrogen) atoms. The molecule has 1 spiro atoms. The molecule has 2 atom stereocenters. The Morgan fingerprint density at radius 3 is 2.58 bits per heavy atom. The smallest absolute Gasteiger partial charge is 0.00693 e. The van der Waals surface area contributed by atoms with Gasteiger partial charge in [0.2, 0.25) is 0 Å². The fraction of sp³-hybridized carbons (Fsp3) is 1.00. The van der Waals surface area contributed by atoms with Gasteiger partial charge in [0.1, 0.15) is 0 Å². The Kier molecular flexibility index (Phi) is 2.16. The molecule has 0 aromatic carbocycles. The molecular weight excluding hydrogens is 146 g/mol. The van der Waals surface area contributed by atoms with E-state index in [0.717, 1.165) is 17.4 Å². The maximum atomic E-state index is 3.43. The zero-order valence-corrected chi connectivity index (χ0v) is 8.40. The summed E-state index contributed by atoms with van der Waals surface area (Å²) in [7, 11) is 2.11. The summed E-state index contributed by atoms with van der Waals surface area (Å²) in [4.78, 5) is 0. The quantitative estimate of drug-likeness (QED) is 0.666. The lowest BCUT2D eigenvalue weighted by atomic mass is 9.73. The van der Waals surface area contributed by atoms with Gasteiger partial charge in [0.05, 0.1) is 0 Å². The SMILES string of the molecule is CNC(C)C1CCCCC12CC2. The lowest BCUT2D eigenvalue weighted by Gasteiger charge is -2.36. The maximum absolute atomic E-state index is 3.43. The number of rotatable bonds is 2. The molecule has 1 heteroatoms. The number of hydrogen-bond donors (Lipinski definition) is 1. The van der Waals surface area contributed by atoms with E-state index in [1.165, 1.54) is 38.5 Å². The molecule has 0 heterocycles. The van der Waals surface area contributed by atoms with Crippen molar-refractivity contribution in [3.05, 3.63) is 0 Å². The highest BCUT2D eigenvalue weighted by Crippen LogP contribution is 2.60. The molecule has 0 aromatic rings. The van der Waals surface area contributed by atoms with Crippen LogP contribution in [-0.2, 0) is 0 Å². The van der Waals surface area contributed by atoms with Crippen molar-refractivity contribution in [2.75, 3.05) is 7.05 Å². The molecule has 2 aliphatic rings. The topological polar surface area (TPSA) is 12.0 Å². The lowest BCUT2D eigenvalue weighted by molar-refractivity contribution is 0.172. The first-order valence-electron chi connectivity index (χ1n) is 5.46. The van der Waals surface area contributed by atoms with Crippen LogP contribution in [-0.4, -0.2) is 13.1 Å². The Morgan fingerprint density at radius 1 is 1.25 bits per heavy atom. The Balaban J connectivity index is 2.01. The van der Waals surface area contributed by atoms with Crippen LogP contribution in [0.15, 0.2) is 0 Å². The third kappa shape index (κ3) is 1.28. The van der Waals surface area contributed by atoms with E-state index < -0.39 is 0 Å². The van der Waals surface area contributed by atoms with E-state index in [9.17, 15) is 0 Å². The Morgan fingerprint density at radius 2 is 2.00 bits per heavy atom. The number of nitrogens with one attached hydrogen (secondary N) is 1. The van der Waals surface area contributed by atoms with Crippen LogP contribution in [0.3, 0.4) is 0 Å². The van der Waals surface area contributed by atoms with Gasteiger partial charge in [0.25, 0.3) is 0 Å².